The van der Waals surface area contributed by atoms with Gasteiger partial charge in [-0.05, 0) is 13.5 Å². The zero-order valence-corrected chi connectivity index (χ0v) is 7.75. The lowest BCUT2D eigenvalue weighted by Crippen LogP contribution is -2.33. The van der Waals surface area contributed by atoms with Gasteiger partial charge in [0.1, 0.15) is 0 Å². The van der Waals surface area contributed by atoms with E-state index in [0.717, 1.165) is 13.1 Å². The van der Waals surface area contributed by atoms with Crippen LogP contribution in [-0.4, -0.2) is 24.0 Å². The molecule has 3 heteroatoms. The van der Waals surface area contributed by atoms with Crippen LogP contribution in [-0.2, 0) is 0 Å². The highest BCUT2D eigenvalue weighted by molar-refractivity contribution is 4.81. The van der Waals surface area contributed by atoms with Gasteiger partial charge in [0, 0.05) is 19.0 Å². The third kappa shape index (κ3) is 3.95. The van der Waals surface area contributed by atoms with E-state index in [1.54, 1.807) is 0 Å². The van der Waals surface area contributed by atoms with Crippen molar-refractivity contribution in [3.8, 4) is 12.1 Å². The van der Waals surface area contributed by atoms with Crippen molar-refractivity contribution < 1.29 is 0 Å². The molecule has 0 rings (SSSR count). The molecule has 0 aliphatic carbocycles. The fourth-order valence-corrected chi connectivity index (χ4v) is 1.14. The Balaban J connectivity index is 3.82. The molecule has 0 radical (unpaired) electrons. The zero-order chi connectivity index (χ0) is 9.40. The molecule has 0 aromatic heterocycles. The maximum Gasteiger partial charge on any atom is 0.0638 e. The Kier molecular flexibility index (Phi) is 6.05. The molecule has 0 aromatic carbocycles. The van der Waals surface area contributed by atoms with Gasteiger partial charge in [0.2, 0.25) is 0 Å². The summed E-state index contributed by atoms with van der Waals surface area (Å²) < 4.78 is 0. The summed E-state index contributed by atoms with van der Waals surface area (Å²) in [5.41, 5.74) is 0. The van der Waals surface area contributed by atoms with E-state index >= 15 is 0 Å². The van der Waals surface area contributed by atoms with Crippen molar-refractivity contribution in [1.82, 2.24) is 4.90 Å². The highest BCUT2D eigenvalue weighted by atomic mass is 15.1. The van der Waals surface area contributed by atoms with E-state index in [1.807, 2.05) is 13.8 Å². The standard InChI is InChI=1S/C9H15N3/c1-3-12(8-4-6-10)9(2)5-7-11/h9H,3-5,8H2,1-2H3. The van der Waals surface area contributed by atoms with Gasteiger partial charge in [-0.25, -0.2) is 0 Å². The molecule has 66 valence electrons. The molecule has 0 fully saturated rings. The molecule has 0 amide bonds. The summed E-state index contributed by atoms with van der Waals surface area (Å²) in [6.07, 6.45) is 1.09. The molecule has 3 nitrogen and oxygen atoms in total. The summed E-state index contributed by atoms with van der Waals surface area (Å²) in [6, 6.07) is 4.51. The van der Waals surface area contributed by atoms with Crippen molar-refractivity contribution in [2.24, 2.45) is 0 Å². The second-order valence-electron chi connectivity index (χ2n) is 2.75. The molecule has 0 N–H and O–H groups in total. The van der Waals surface area contributed by atoms with Crippen LogP contribution in [0, 0.1) is 22.7 Å². The Morgan fingerprint density at radius 2 is 2.00 bits per heavy atom. The SMILES string of the molecule is CCN(CCC#N)C(C)CC#N. The predicted molar refractivity (Wildman–Crippen MR) is 47.2 cm³/mol. The summed E-state index contributed by atoms with van der Waals surface area (Å²) in [5.74, 6) is 0. The average molecular weight is 165 g/mol. The van der Waals surface area contributed by atoms with Gasteiger partial charge in [0.05, 0.1) is 18.6 Å². The van der Waals surface area contributed by atoms with E-state index in [0.29, 0.717) is 12.8 Å². The van der Waals surface area contributed by atoms with Crippen molar-refractivity contribution in [1.29, 1.82) is 10.5 Å². The van der Waals surface area contributed by atoms with E-state index in [4.69, 9.17) is 10.5 Å². The molecule has 1 unspecified atom stereocenters. The summed E-state index contributed by atoms with van der Waals surface area (Å²) in [6.45, 7) is 5.75. The Morgan fingerprint density at radius 1 is 1.33 bits per heavy atom. The van der Waals surface area contributed by atoms with Crippen molar-refractivity contribution in [2.45, 2.75) is 32.7 Å². The number of rotatable bonds is 5. The van der Waals surface area contributed by atoms with Crippen LogP contribution < -0.4 is 0 Å². The first-order valence-electron chi connectivity index (χ1n) is 4.24. The maximum absolute atomic E-state index is 8.46. The van der Waals surface area contributed by atoms with Gasteiger partial charge in [-0.3, -0.25) is 4.90 Å². The molecule has 0 spiro atoms. The van der Waals surface area contributed by atoms with Gasteiger partial charge in [-0.1, -0.05) is 6.92 Å². The largest absolute Gasteiger partial charge is 0.299 e. The predicted octanol–water partition coefficient (Wildman–Crippen LogP) is 1.52. The molecule has 0 saturated heterocycles. The minimum atomic E-state index is 0.272. The number of hydrogen-bond acceptors (Lipinski definition) is 3. The molecule has 0 aromatic rings. The molecular formula is C9H15N3. The Labute approximate surface area is 74.2 Å². The van der Waals surface area contributed by atoms with E-state index in [1.165, 1.54) is 0 Å². The number of nitriles is 2. The molecule has 0 aliphatic heterocycles. The third-order valence-corrected chi connectivity index (χ3v) is 1.93. The lowest BCUT2D eigenvalue weighted by molar-refractivity contribution is 0.227. The highest BCUT2D eigenvalue weighted by Crippen LogP contribution is 2.02. The fourth-order valence-electron chi connectivity index (χ4n) is 1.14. The monoisotopic (exact) mass is 165 g/mol. The summed E-state index contributed by atoms with van der Waals surface area (Å²) in [4.78, 5) is 2.15. The normalized spacial score (nSPS) is 12.1. The molecule has 12 heavy (non-hydrogen) atoms. The summed E-state index contributed by atoms with van der Waals surface area (Å²) >= 11 is 0. The van der Waals surface area contributed by atoms with E-state index in [9.17, 15) is 0 Å². The van der Waals surface area contributed by atoms with E-state index in [2.05, 4.69) is 17.0 Å². The second kappa shape index (κ2) is 6.64. The second-order valence-corrected chi connectivity index (χ2v) is 2.75. The van der Waals surface area contributed by atoms with Crippen molar-refractivity contribution >= 4 is 0 Å². The van der Waals surface area contributed by atoms with Crippen LogP contribution in [0.25, 0.3) is 0 Å². The Hall–Kier alpha value is -1.06. The smallest absolute Gasteiger partial charge is 0.0638 e. The van der Waals surface area contributed by atoms with Crippen LogP contribution in [0.5, 0.6) is 0 Å². The summed E-state index contributed by atoms with van der Waals surface area (Å²) in [7, 11) is 0. The Bertz CT molecular complexity index is 187. The number of nitrogens with zero attached hydrogens (tertiary/aromatic N) is 3. The Morgan fingerprint density at radius 3 is 2.42 bits per heavy atom. The fraction of sp³-hybridized carbons (Fsp3) is 0.778. The van der Waals surface area contributed by atoms with Crippen molar-refractivity contribution in [3.63, 3.8) is 0 Å². The first kappa shape index (κ1) is 10.9. The van der Waals surface area contributed by atoms with Gasteiger partial charge in [0.25, 0.3) is 0 Å². The zero-order valence-electron chi connectivity index (χ0n) is 7.75. The van der Waals surface area contributed by atoms with Gasteiger partial charge in [-0.2, -0.15) is 10.5 Å². The molecule has 0 aliphatic rings. The van der Waals surface area contributed by atoms with Crippen LogP contribution in [0.2, 0.25) is 0 Å². The number of hydrogen-bond donors (Lipinski definition) is 0. The van der Waals surface area contributed by atoms with Crippen molar-refractivity contribution in [2.75, 3.05) is 13.1 Å². The van der Waals surface area contributed by atoms with Crippen LogP contribution in [0.15, 0.2) is 0 Å². The average Bonchev–Trinajstić information content (AvgIpc) is 2.06. The molecule has 0 bridgehead atoms. The molecule has 0 heterocycles. The minimum absolute atomic E-state index is 0.272. The highest BCUT2D eigenvalue weighted by Gasteiger charge is 2.09. The quantitative estimate of drug-likeness (QED) is 0.620. The van der Waals surface area contributed by atoms with Crippen LogP contribution in [0.1, 0.15) is 26.7 Å². The van der Waals surface area contributed by atoms with Gasteiger partial charge in [0.15, 0.2) is 0 Å². The van der Waals surface area contributed by atoms with Crippen LogP contribution in [0.3, 0.4) is 0 Å². The van der Waals surface area contributed by atoms with E-state index < -0.39 is 0 Å². The van der Waals surface area contributed by atoms with Gasteiger partial charge < -0.3 is 0 Å². The van der Waals surface area contributed by atoms with Crippen LogP contribution >= 0.6 is 0 Å². The lowest BCUT2D eigenvalue weighted by Gasteiger charge is -2.24. The topological polar surface area (TPSA) is 50.8 Å². The van der Waals surface area contributed by atoms with E-state index in [-0.39, 0.29) is 6.04 Å². The molecule has 1 atom stereocenters. The van der Waals surface area contributed by atoms with Crippen LogP contribution in [0.4, 0.5) is 0 Å². The first-order valence-corrected chi connectivity index (χ1v) is 4.24. The summed E-state index contributed by atoms with van der Waals surface area (Å²) in [5, 5.41) is 16.8. The molecular weight excluding hydrogens is 150 g/mol. The van der Waals surface area contributed by atoms with Gasteiger partial charge >= 0.3 is 0 Å². The maximum atomic E-state index is 8.46. The van der Waals surface area contributed by atoms with Gasteiger partial charge in [-0.15, -0.1) is 0 Å². The minimum Gasteiger partial charge on any atom is -0.299 e. The third-order valence-electron chi connectivity index (χ3n) is 1.93. The van der Waals surface area contributed by atoms with Crippen molar-refractivity contribution in [3.05, 3.63) is 0 Å². The molecule has 0 saturated carbocycles. The lowest BCUT2D eigenvalue weighted by atomic mass is 10.2. The first-order chi connectivity index (χ1) is 5.76.